The molecule has 0 aromatic heterocycles. The van der Waals surface area contributed by atoms with Crippen LogP contribution >= 0.6 is 0 Å². The molecule has 3 rings (SSSR count). The van der Waals surface area contributed by atoms with Crippen LogP contribution in [0.1, 0.15) is 37.7 Å². The van der Waals surface area contributed by atoms with Crippen LogP contribution in [0.5, 0.6) is 5.75 Å². The lowest BCUT2D eigenvalue weighted by Crippen LogP contribution is -2.45. The van der Waals surface area contributed by atoms with Crippen LogP contribution in [0.2, 0.25) is 0 Å². The van der Waals surface area contributed by atoms with Gasteiger partial charge in [0.25, 0.3) is 0 Å². The second-order valence-electron chi connectivity index (χ2n) is 6.48. The highest BCUT2D eigenvalue weighted by molar-refractivity contribution is 5.76. The molecule has 4 nitrogen and oxygen atoms in total. The summed E-state index contributed by atoms with van der Waals surface area (Å²) < 4.78 is 0. The van der Waals surface area contributed by atoms with Crippen molar-refractivity contribution in [3.05, 3.63) is 29.8 Å². The van der Waals surface area contributed by atoms with Crippen molar-refractivity contribution in [3.63, 3.8) is 0 Å². The van der Waals surface area contributed by atoms with E-state index in [1.807, 2.05) is 23.1 Å². The molecule has 1 N–H and O–H groups in total. The zero-order chi connectivity index (χ0) is 15.4. The summed E-state index contributed by atoms with van der Waals surface area (Å²) in [4.78, 5) is 16.9. The van der Waals surface area contributed by atoms with Crippen molar-refractivity contribution in [2.45, 2.75) is 44.6 Å². The number of piperidine rings is 1. The monoisotopic (exact) mass is 302 g/mol. The minimum Gasteiger partial charge on any atom is -0.508 e. The molecule has 0 spiro atoms. The van der Waals surface area contributed by atoms with Crippen molar-refractivity contribution in [2.75, 3.05) is 26.2 Å². The summed E-state index contributed by atoms with van der Waals surface area (Å²) in [6.07, 6.45) is 6.01. The quantitative estimate of drug-likeness (QED) is 0.929. The highest BCUT2D eigenvalue weighted by atomic mass is 16.3. The Hall–Kier alpha value is -1.55. The van der Waals surface area contributed by atoms with E-state index in [0.29, 0.717) is 24.6 Å². The first-order chi connectivity index (χ1) is 10.7. The number of amides is 1. The lowest BCUT2D eigenvalue weighted by molar-refractivity contribution is -0.132. The number of benzene rings is 1. The Kier molecular flexibility index (Phi) is 4.98. The average molecular weight is 302 g/mol. The second kappa shape index (κ2) is 7.14. The maximum atomic E-state index is 12.3. The van der Waals surface area contributed by atoms with Gasteiger partial charge in [-0.2, -0.15) is 0 Å². The zero-order valence-corrected chi connectivity index (χ0v) is 13.2. The molecule has 0 bridgehead atoms. The normalized spacial score (nSPS) is 20.5. The van der Waals surface area contributed by atoms with Gasteiger partial charge < -0.3 is 14.9 Å². The molecule has 0 aliphatic carbocycles. The number of aromatic hydroxyl groups is 1. The number of aryl methyl sites for hydroxylation is 1. The number of hydrogen-bond acceptors (Lipinski definition) is 3. The number of carbonyl (C=O) groups is 1. The summed E-state index contributed by atoms with van der Waals surface area (Å²) >= 11 is 0. The molecule has 1 amide bonds. The fraction of sp³-hybridized carbons (Fsp3) is 0.611. The summed E-state index contributed by atoms with van der Waals surface area (Å²) in [6.45, 7) is 4.26. The van der Waals surface area contributed by atoms with Crippen LogP contribution in [0.15, 0.2) is 24.3 Å². The molecule has 2 aliphatic heterocycles. The van der Waals surface area contributed by atoms with Crippen LogP contribution < -0.4 is 0 Å². The molecule has 1 aromatic carbocycles. The van der Waals surface area contributed by atoms with Crippen molar-refractivity contribution in [1.29, 1.82) is 0 Å². The number of likely N-dealkylation sites (tertiary alicyclic amines) is 2. The van der Waals surface area contributed by atoms with E-state index in [9.17, 15) is 9.90 Å². The molecule has 22 heavy (non-hydrogen) atoms. The van der Waals surface area contributed by atoms with Gasteiger partial charge in [-0.25, -0.2) is 0 Å². The number of para-hydroxylation sites is 1. The van der Waals surface area contributed by atoms with Crippen molar-refractivity contribution in [1.82, 2.24) is 9.80 Å². The predicted octanol–water partition coefficient (Wildman–Crippen LogP) is 2.41. The van der Waals surface area contributed by atoms with Crippen LogP contribution in [0.4, 0.5) is 0 Å². The molecule has 0 saturated carbocycles. The zero-order valence-electron chi connectivity index (χ0n) is 13.2. The Morgan fingerprint density at radius 1 is 1.09 bits per heavy atom. The van der Waals surface area contributed by atoms with Crippen LogP contribution in [0.3, 0.4) is 0 Å². The summed E-state index contributed by atoms with van der Waals surface area (Å²) in [5.74, 6) is 0.520. The first kappa shape index (κ1) is 15.3. The van der Waals surface area contributed by atoms with Crippen molar-refractivity contribution >= 4 is 5.91 Å². The number of nitrogens with zero attached hydrogens (tertiary/aromatic N) is 2. The van der Waals surface area contributed by atoms with E-state index in [1.54, 1.807) is 6.07 Å². The molecule has 2 aliphatic rings. The molecule has 1 aromatic rings. The molecule has 4 heteroatoms. The minimum absolute atomic E-state index is 0.225. The molecule has 2 heterocycles. The van der Waals surface area contributed by atoms with E-state index in [2.05, 4.69) is 4.90 Å². The molecular weight excluding hydrogens is 276 g/mol. The van der Waals surface area contributed by atoms with Crippen LogP contribution in [-0.2, 0) is 11.2 Å². The fourth-order valence-electron chi connectivity index (χ4n) is 3.71. The van der Waals surface area contributed by atoms with Crippen LogP contribution in [0, 0.1) is 0 Å². The predicted molar refractivity (Wildman–Crippen MR) is 86.8 cm³/mol. The first-order valence-electron chi connectivity index (χ1n) is 8.53. The minimum atomic E-state index is 0.225. The van der Waals surface area contributed by atoms with Crippen molar-refractivity contribution in [2.24, 2.45) is 0 Å². The summed E-state index contributed by atoms with van der Waals surface area (Å²) in [7, 11) is 0. The van der Waals surface area contributed by atoms with E-state index in [4.69, 9.17) is 0 Å². The van der Waals surface area contributed by atoms with Gasteiger partial charge in [0.05, 0.1) is 0 Å². The maximum Gasteiger partial charge on any atom is 0.222 e. The van der Waals surface area contributed by atoms with Gasteiger partial charge in [0, 0.05) is 25.6 Å². The van der Waals surface area contributed by atoms with Gasteiger partial charge >= 0.3 is 0 Å². The Morgan fingerprint density at radius 2 is 1.77 bits per heavy atom. The SMILES string of the molecule is O=C(CCc1ccccc1O)N1CCC(N2CCCC2)CC1. The number of phenols is 1. The molecular formula is C18H26N2O2. The Balaban J connectivity index is 1.45. The average Bonchev–Trinajstić information content (AvgIpc) is 3.08. The van der Waals surface area contributed by atoms with Gasteiger partial charge in [0.1, 0.15) is 5.75 Å². The smallest absolute Gasteiger partial charge is 0.222 e. The molecule has 0 radical (unpaired) electrons. The number of hydrogen-bond donors (Lipinski definition) is 1. The van der Waals surface area contributed by atoms with Crippen molar-refractivity contribution in [3.8, 4) is 5.75 Å². The maximum absolute atomic E-state index is 12.3. The van der Waals surface area contributed by atoms with Crippen molar-refractivity contribution < 1.29 is 9.90 Å². The topological polar surface area (TPSA) is 43.8 Å². The second-order valence-corrected chi connectivity index (χ2v) is 6.48. The van der Waals surface area contributed by atoms with Gasteiger partial charge in [0.15, 0.2) is 0 Å². The molecule has 2 saturated heterocycles. The van der Waals surface area contributed by atoms with Gasteiger partial charge in [0.2, 0.25) is 5.91 Å². The van der Waals surface area contributed by atoms with Gasteiger partial charge in [-0.1, -0.05) is 18.2 Å². The summed E-state index contributed by atoms with van der Waals surface area (Å²) in [6, 6.07) is 7.97. The number of phenolic OH excluding ortho intramolecular Hbond substituents is 1. The van der Waals surface area contributed by atoms with E-state index in [0.717, 1.165) is 31.5 Å². The Bertz CT molecular complexity index is 504. The third-order valence-corrected chi connectivity index (χ3v) is 5.07. The van der Waals surface area contributed by atoms with E-state index in [-0.39, 0.29) is 5.91 Å². The standard InChI is InChI=1S/C18H26N2O2/c21-17-6-2-1-5-15(17)7-8-18(22)20-13-9-16(10-14-20)19-11-3-4-12-19/h1-2,5-6,16,21H,3-4,7-14H2. The molecule has 0 unspecified atom stereocenters. The summed E-state index contributed by atoms with van der Waals surface area (Å²) in [5, 5.41) is 9.76. The van der Waals surface area contributed by atoms with Gasteiger partial charge in [-0.05, 0) is 56.8 Å². The highest BCUT2D eigenvalue weighted by Crippen LogP contribution is 2.22. The Labute approximate surface area is 132 Å². The first-order valence-corrected chi connectivity index (χ1v) is 8.53. The van der Waals surface area contributed by atoms with E-state index in [1.165, 1.54) is 25.9 Å². The van der Waals surface area contributed by atoms with E-state index >= 15 is 0 Å². The number of rotatable bonds is 4. The third-order valence-electron chi connectivity index (χ3n) is 5.07. The number of carbonyl (C=O) groups excluding carboxylic acids is 1. The van der Waals surface area contributed by atoms with Gasteiger partial charge in [-0.3, -0.25) is 4.79 Å². The van der Waals surface area contributed by atoms with Gasteiger partial charge in [-0.15, -0.1) is 0 Å². The molecule has 2 fully saturated rings. The lowest BCUT2D eigenvalue weighted by Gasteiger charge is -2.36. The molecule has 120 valence electrons. The summed E-state index contributed by atoms with van der Waals surface area (Å²) in [5.41, 5.74) is 0.864. The third kappa shape index (κ3) is 3.61. The van der Waals surface area contributed by atoms with E-state index < -0.39 is 0 Å². The van der Waals surface area contributed by atoms with Crippen LogP contribution in [-0.4, -0.2) is 53.0 Å². The van der Waals surface area contributed by atoms with Crippen LogP contribution in [0.25, 0.3) is 0 Å². The lowest BCUT2D eigenvalue weighted by atomic mass is 10.0. The molecule has 0 atom stereocenters. The Morgan fingerprint density at radius 3 is 2.45 bits per heavy atom. The largest absolute Gasteiger partial charge is 0.508 e. The fourth-order valence-corrected chi connectivity index (χ4v) is 3.71. The highest BCUT2D eigenvalue weighted by Gasteiger charge is 2.27.